The van der Waals surface area contributed by atoms with E-state index in [-0.39, 0.29) is 31.1 Å². The largest absolute Gasteiger partial charge is 0.472 e. The van der Waals surface area contributed by atoms with E-state index < -0.39 is 84.5 Å². The summed E-state index contributed by atoms with van der Waals surface area (Å²) in [5.41, 5.74) is 0. The summed E-state index contributed by atoms with van der Waals surface area (Å²) in [7, 11) is -9.78. The fourth-order valence-corrected chi connectivity index (χ4v) is 8.12. The van der Waals surface area contributed by atoms with Gasteiger partial charge in [-0.25, -0.2) is 9.13 Å². The molecule has 0 amide bonds. The third-order valence-electron chi connectivity index (χ3n) is 10.4. The molecule has 1 rings (SSSR count). The van der Waals surface area contributed by atoms with Crippen molar-refractivity contribution in [1.29, 1.82) is 0 Å². The van der Waals surface area contributed by atoms with Crippen LogP contribution >= 0.6 is 15.6 Å². The summed E-state index contributed by atoms with van der Waals surface area (Å²) in [6.45, 7) is 1.30. The van der Waals surface area contributed by atoms with Gasteiger partial charge in [-0.1, -0.05) is 147 Å². The van der Waals surface area contributed by atoms with Crippen LogP contribution in [0.5, 0.6) is 0 Å². The summed E-state index contributed by atoms with van der Waals surface area (Å²) in [4.78, 5) is 53.0. The van der Waals surface area contributed by atoms with Crippen LogP contribution in [0.3, 0.4) is 0 Å². The van der Waals surface area contributed by atoms with E-state index in [1.165, 1.54) is 64.2 Å². The molecule has 7 N–H and O–H groups in total. The first-order chi connectivity index (χ1) is 28.6. The highest BCUT2D eigenvalue weighted by atomic mass is 31.2. The van der Waals surface area contributed by atoms with Crippen LogP contribution in [-0.4, -0.2) is 104 Å². The van der Waals surface area contributed by atoms with Crippen LogP contribution in [0.1, 0.15) is 162 Å². The summed E-state index contributed by atoms with van der Waals surface area (Å²) >= 11 is 0. The molecule has 1 fully saturated rings. The molecular weight excluding hydrogens is 822 g/mol. The number of aliphatic hydroxyl groups excluding tert-OH is 4. The predicted octanol–water partition coefficient (Wildman–Crippen LogP) is 7.50. The van der Waals surface area contributed by atoms with Crippen molar-refractivity contribution in [2.45, 2.75) is 192 Å². The van der Waals surface area contributed by atoms with Gasteiger partial charge in [0.25, 0.3) is 0 Å². The molecule has 0 aliphatic heterocycles. The van der Waals surface area contributed by atoms with E-state index in [0.29, 0.717) is 19.3 Å². The molecule has 8 atom stereocenters. The monoisotopic (exact) mass is 900 g/mol. The summed E-state index contributed by atoms with van der Waals surface area (Å²) < 4.78 is 47.7. The number of phosphoric acid groups is 2. The number of phosphoric ester groups is 2. The van der Waals surface area contributed by atoms with Gasteiger partial charge in [-0.15, -0.1) is 0 Å². The van der Waals surface area contributed by atoms with Gasteiger partial charge in [0.1, 0.15) is 12.7 Å². The molecule has 0 aromatic carbocycles. The van der Waals surface area contributed by atoms with Crippen LogP contribution in [0, 0.1) is 11.8 Å². The molecule has 352 valence electrons. The lowest BCUT2D eigenvalue weighted by Gasteiger charge is -2.20. The Labute approximate surface area is 358 Å². The first-order valence-electron chi connectivity index (χ1n) is 22.3. The van der Waals surface area contributed by atoms with Gasteiger partial charge in [-0.3, -0.25) is 23.2 Å². The zero-order chi connectivity index (χ0) is 44.7. The van der Waals surface area contributed by atoms with E-state index in [0.717, 1.165) is 44.9 Å². The van der Waals surface area contributed by atoms with E-state index in [9.17, 15) is 44.0 Å². The minimum absolute atomic E-state index is 0.0696. The molecule has 16 nitrogen and oxygen atoms in total. The Bertz CT molecular complexity index is 1280. The predicted molar refractivity (Wildman–Crippen MR) is 227 cm³/mol. The average Bonchev–Trinajstić information content (AvgIpc) is 3.46. The zero-order valence-corrected chi connectivity index (χ0v) is 37.9. The lowest BCUT2D eigenvalue weighted by atomic mass is 9.89. The highest BCUT2D eigenvalue weighted by molar-refractivity contribution is 7.47. The summed E-state index contributed by atoms with van der Waals surface area (Å²) in [5, 5.41) is 41.1. The first-order valence-corrected chi connectivity index (χ1v) is 25.3. The van der Waals surface area contributed by atoms with Crippen molar-refractivity contribution in [3.63, 3.8) is 0 Å². The SMILES string of the molecule is CCCCCCCCCCCCCCCCCC(=O)O[C@H](COC(=O)C/C=C\C[C@H]1[C@@H](/C=C/[C@H](O)CCCCC)[C@H](O)C[C@@H]1O)COP(=O)(O)OC[C@@H](O)COP(=O)(O)O. The zero-order valence-electron chi connectivity index (χ0n) is 36.1. The standard InChI is InChI=1S/C42H78O16P2/c1-3-5-7-8-9-10-11-12-13-14-15-16-17-18-20-26-42(48)58-36(33-57-60(52,53)56-31-35(44)30-55-59(49,50)51)32-54-41(47)25-22-21-24-37-38(40(46)29-39(37)45)28-27-34(43)23-19-6-4-2/h21-22,27-28,34-40,43-46H,3-20,23-26,29-33H2,1-2H3,(H,52,53)(H2,49,50,51)/b22-21-,28-27+/t34-,35+,36-,37+,38-,39+,40-/m1/s1. The average molecular weight is 901 g/mol. The number of unbranched alkanes of at least 4 members (excludes halogenated alkanes) is 16. The maximum atomic E-state index is 12.7. The van der Waals surface area contributed by atoms with Crippen molar-refractivity contribution in [2.75, 3.05) is 26.4 Å². The molecule has 60 heavy (non-hydrogen) atoms. The van der Waals surface area contributed by atoms with Crippen LogP contribution in [0.15, 0.2) is 24.3 Å². The molecule has 18 heteroatoms. The number of ether oxygens (including phenoxy) is 2. The van der Waals surface area contributed by atoms with Crippen molar-refractivity contribution >= 4 is 27.6 Å². The Hall–Kier alpha value is -1.52. The van der Waals surface area contributed by atoms with Crippen LogP contribution in [-0.2, 0) is 41.8 Å². The highest BCUT2D eigenvalue weighted by Gasteiger charge is 2.39. The number of carbonyl (C=O) groups excluding carboxylic acids is 2. The lowest BCUT2D eigenvalue weighted by Crippen LogP contribution is -2.29. The van der Waals surface area contributed by atoms with Crippen molar-refractivity contribution in [2.24, 2.45) is 11.8 Å². The molecule has 0 aromatic rings. The maximum absolute atomic E-state index is 12.7. The van der Waals surface area contributed by atoms with Gasteiger partial charge in [-0.05, 0) is 25.2 Å². The Morgan fingerprint density at radius 3 is 1.78 bits per heavy atom. The number of esters is 2. The molecule has 0 aromatic heterocycles. The van der Waals surface area contributed by atoms with Gasteiger partial charge in [0, 0.05) is 18.8 Å². The number of carbonyl (C=O) groups is 2. The van der Waals surface area contributed by atoms with E-state index >= 15 is 0 Å². The van der Waals surface area contributed by atoms with Gasteiger partial charge in [0.2, 0.25) is 0 Å². The minimum atomic E-state index is -4.90. The number of hydrogen-bond donors (Lipinski definition) is 7. The number of allylic oxidation sites excluding steroid dienone is 1. The highest BCUT2D eigenvalue weighted by Crippen LogP contribution is 2.44. The lowest BCUT2D eigenvalue weighted by molar-refractivity contribution is -0.160. The minimum Gasteiger partial charge on any atom is -0.461 e. The molecular formula is C42H78O16P2. The smallest absolute Gasteiger partial charge is 0.461 e. The second-order valence-electron chi connectivity index (χ2n) is 16.0. The molecule has 0 spiro atoms. The molecule has 0 bridgehead atoms. The molecule has 0 saturated heterocycles. The Morgan fingerprint density at radius 1 is 0.667 bits per heavy atom. The normalized spacial score (nSPS) is 21.0. The summed E-state index contributed by atoms with van der Waals surface area (Å²) in [6.07, 6.45) is 23.0. The van der Waals surface area contributed by atoms with Crippen molar-refractivity contribution < 1.29 is 76.9 Å². The van der Waals surface area contributed by atoms with Gasteiger partial charge >= 0.3 is 27.6 Å². The summed E-state index contributed by atoms with van der Waals surface area (Å²) in [6, 6.07) is 0. The van der Waals surface area contributed by atoms with Crippen LogP contribution in [0.2, 0.25) is 0 Å². The topological polar surface area (TPSA) is 256 Å². The first kappa shape index (κ1) is 56.5. The van der Waals surface area contributed by atoms with Crippen LogP contribution < -0.4 is 0 Å². The number of rotatable bonds is 38. The van der Waals surface area contributed by atoms with Gasteiger partial charge < -0.3 is 44.6 Å². The third kappa shape index (κ3) is 30.5. The van der Waals surface area contributed by atoms with E-state index in [4.69, 9.17) is 23.8 Å². The van der Waals surface area contributed by atoms with Crippen LogP contribution in [0.4, 0.5) is 0 Å². The Morgan fingerprint density at radius 2 is 1.20 bits per heavy atom. The fourth-order valence-electron chi connectivity index (χ4n) is 6.97. The molecule has 1 unspecified atom stereocenters. The quantitative estimate of drug-likeness (QED) is 0.0137. The van der Waals surface area contributed by atoms with Crippen molar-refractivity contribution in [1.82, 2.24) is 0 Å². The molecule has 0 heterocycles. The molecule has 1 aliphatic carbocycles. The van der Waals surface area contributed by atoms with E-state index in [1.54, 1.807) is 24.3 Å². The second-order valence-corrected chi connectivity index (χ2v) is 18.7. The van der Waals surface area contributed by atoms with E-state index in [2.05, 4.69) is 22.9 Å². The molecule has 0 radical (unpaired) electrons. The molecule has 1 saturated carbocycles. The van der Waals surface area contributed by atoms with Crippen molar-refractivity contribution in [3.8, 4) is 0 Å². The van der Waals surface area contributed by atoms with Gasteiger partial charge in [-0.2, -0.15) is 0 Å². The number of hydrogen-bond acceptors (Lipinski definition) is 13. The summed E-state index contributed by atoms with van der Waals surface area (Å²) in [5.74, 6) is -2.02. The number of aliphatic hydroxyl groups is 4. The van der Waals surface area contributed by atoms with Crippen molar-refractivity contribution in [3.05, 3.63) is 24.3 Å². The molecule has 1 aliphatic rings. The Balaban J connectivity index is 2.60. The second kappa shape index (κ2) is 34.0. The van der Waals surface area contributed by atoms with Gasteiger partial charge in [0.05, 0.1) is 44.6 Å². The maximum Gasteiger partial charge on any atom is 0.472 e. The third-order valence-corrected chi connectivity index (χ3v) is 11.9. The van der Waals surface area contributed by atoms with Crippen LogP contribution in [0.25, 0.3) is 0 Å². The fraction of sp³-hybridized carbons (Fsp3) is 0.857. The Kier molecular flexibility index (Phi) is 32.0. The van der Waals surface area contributed by atoms with Gasteiger partial charge in [0.15, 0.2) is 6.10 Å². The van der Waals surface area contributed by atoms with E-state index in [1.807, 2.05) is 0 Å².